The molecule has 154 valence electrons. The first kappa shape index (κ1) is 21.5. The number of rotatable bonds is 9. The molecule has 0 fully saturated rings. The minimum absolute atomic E-state index is 0.0781. The van der Waals surface area contributed by atoms with E-state index in [4.69, 9.17) is 11.6 Å². The number of aromatic amines is 1. The number of fused-ring (bicyclic) bond motifs is 1. The van der Waals surface area contributed by atoms with E-state index in [0.717, 1.165) is 30.5 Å². The van der Waals surface area contributed by atoms with Crippen molar-refractivity contribution >= 4 is 40.3 Å². The van der Waals surface area contributed by atoms with Crippen LogP contribution in [0, 0.1) is 6.92 Å². The van der Waals surface area contributed by atoms with Crippen LogP contribution in [0.5, 0.6) is 0 Å². The van der Waals surface area contributed by atoms with E-state index in [-0.39, 0.29) is 17.2 Å². The third-order valence-electron chi connectivity index (χ3n) is 4.55. The summed E-state index contributed by atoms with van der Waals surface area (Å²) in [4.78, 5) is 32.8. The Morgan fingerprint density at radius 1 is 1.31 bits per heavy atom. The minimum Gasteiger partial charge on any atom is -0.355 e. The standard InChI is InChI=1S/C21H25ClN4O2S/c1-3-4-11-26-20(28)19-17(12-14(2)24-19)25-21(26)29-13-18(27)23-10-9-15-5-7-16(22)8-6-15/h5-8,12,24H,3-4,9-11,13H2,1-2H3,(H,23,27). The van der Waals surface area contributed by atoms with Gasteiger partial charge in [-0.2, -0.15) is 0 Å². The molecule has 2 heterocycles. The van der Waals surface area contributed by atoms with Gasteiger partial charge in [-0.25, -0.2) is 4.98 Å². The quantitative estimate of drug-likeness (QED) is 0.396. The Morgan fingerprint density at radius 2 is 2.07 bits per heavy atom. The average Bonchev–Trinajstić information content (AvgIpc) is 3.08. The van der Waals surface area contributed by atoms with E-state index in [1.54, 1.807) is 4.57 Å². The second-order valence-corrected chi connectivity index (χ2v) is 8.31. The molecule has 0 aliphatic carbocycles. The summed E-state index contributed by atoms with van der Waals surface area (Å²) in [7, 11) is 0. The van der Waals surface area contributed by atoms with E-state index in [1.165, 1.54) is 11.8 Å². The van der Waals surface area contributed by atoms with E-state index in [0.29, 0.717) is 34.3 Å². The van der Waals surface area contributed by atoms with Gasteiger partial charge in [0.25, 0.3) is 5.56 Å². The van der Waals surface area contributed by atoms with Crippen LogP contribution in [0.3, 0.4) is 0 Å². The van der Waals surface area contributed by atoms with Crippen molar-refractivity contribution < 1.29 is 4.79 Å². The molecule has 1 amide bonds. The second-order valence-electron chi connectivity index (χ2n) is 6.93. The van der Waals surface area contributed by atoms with Crippen LogP contribution >= 0.6 is 23.4 Å². The Labute approximate surface area is 179 Å². The zero-order valence-corrected chi connectivity index (χ0v) is 18.2. The summed E-state index contributed by atoms with van der Waals surface area (Å²) >= 11 is 7.18. The van der Waals surface area contributed by atoms with Gasteiger partial charge in [0.2, 0.25) is 5.91 Å². The van der Waals surface area contributed by atoms with Gasteiger partial charge in [0.1, 0.15) is 5.52 Å². The Balaban J connectivity index is 1.63. The predicted octanol–water partition coefficient (Wildman–Crippen LogP) is 3.94. The SMILES string of the molecule is CCCCn1c(SCC(=O)NCCc2ccc(Cl)cc2)nc2cc(C)[nH]c2c1=O. The summed E-state index contributed by atoms with van der Waals surface area (Å²) in [6.45, 7) is 5.12. The summed E-state index contributed by atoms with van der Waals surface area (Å²) in [5.74, 6) is 0.138. The van der Waals surface area contributed by atoms with Crippen LogP contribution < -0.4 is 10.9 Å². The Hall–Kier alpha value is -2.25. The molecule has 0 unspecified atom stereocenters. The third-order valence-corrected chi connectivity index (χ3v) is 5.78. The van der Waals surface area contributed by atoms with Crippen LogP contribution in [0.15, 0.2) is 40.3 Å². The molecule has 0 spiro atoms. The maximum absolute atomic E-state index is 12.8. The number of nitrogens with zero attached hydrogens (tertiary/aromatic N) is 2. The zero-order chi connectivity index (χ0) is 20.8. The number of aromatic nitrogens is 3. The highest BCUT2D eigenvalue weighted by Crippen LogP contribution is 2.19. The molecule has 0 atom stereocenters. The number of halogens is 1. The van der Waals surface area contributed by atoms with E-state index in [1.807, 2.05) is 37.3 Å². The molecule has 3 aromatic rings. The smallest absolute Gasteiger partial charge is 0.278 e. The Bertz CT molecular complexity index is 1040. The first-order valence-corrected chi connectivity index (χ1v) is 11.1. The van der Waals surface area contributed by atoms with Crippen LogP contribution in [-0.4, -0.2) is 32.7 Å². The lowest BCUT2D eigenvalue weighted by Gasteiger charge is -2.11. The average molecular weight is 433 g/mol. The summed E-state index contributed by atoms with van der Waals surface area (Å²) in [6.07, 6.45) is 2.60. The summed E-state index contributed by atoms with van der Waals surface area (Å²) < 4.78 is 1.67. The molecule has 0 saturated heterocycles. The number of H-pyrrole nitrogens is 1. The molecule has 2 aromatic heterocycles. The van der Waals surface area contributed by atoms with Gasteiger partial charge in [-0.15, -0.1) is 0 Å². The largest absolute Gasteiger partial charge is 0.355 e. The van der Waals surface area contributed by atoms with Crippen molar-refractivity contribution in [3.63, 3.8) is 0 Å². The molecular formula is C21H25ClN4O2S. The molecule has 6 nitrogen and oxygen atoms in total. The van der Waals surface area contributed by atoms with Crippen molar-refractivity contribution in [2.75, 3.05) is 12.3 Å². The van der Waals surface area contributed by atoms with Gasteiger partial charge < -0.3 is 10.3 Å². The van der Waals surface area contributed by atoms with Crippen molar-refractivity contribution in [2.45, 2.75) is 44.8 Å². The van der Waals surface area contributed by atoms with E-state index in [2.05, 4.69) is 22.2 Å². The summed E-state index contributed by atoms with van der Waals surface area (Å²) in [5.41, 5.74) is 3.10. The number of amides is 1. The lowest BCUT2D eigenvalue weighted by molar-refractivity contribution is -0.118. The maximum atomic E-state index is 12.8. The van der Waals surface area contributed by atoms with Gasteiger partial charge in [-0.05, 0) is 43.5 Å². The van der Waals surface area contributed by atoms with Crippen LogP contribution in [0.25, 0.3) is 11.0 Å². The van der Waals surface area contributed by atoms with Crippen molar-refractivity contribution in [3.05, 3.63) is 57.0 Å². The zero-order valence-electron chi connectivity index (χ0n) is 16.6. The van der Waals surface area contributed by atoms with Crippen LogP contribution in [0.2, 0.25) is 5.02 Å². The van der Waals surface area contributed by atoms with E-state index in [9.17, 15) is 9.59 Å². The molecule has 0 saturated carbocycles. The minimum atomic E-state index is -0.0813. The summed E-state index contributed by atoms with van der Waals surface area (Å²) in [5, 5.41) is 4.21. The van der Waals surface area contributed by atoms with Crippen LogP contribution in [0.1, 0.15) is 31.0 Å². The number of unbranched alkanes of at least 4 members (excludes halogenated alkanes) is 1. The van der Waals surface area contributed by atoms with E-state index >= 15 is 0 Å². The lowest BCUT2D eigenvalue weighted by Crippen LogP contribution is -2.28. The highest BCUT2D eigenvalue weighted by molar-refractivity contribution is 7.99. The fourth-order valence-electron chi connectivity index (χ4n) is 3.01. The molecule has 3 rings (SSSR count). The van der Waals surface area contributed by atoms with Gasteiger partial charge in [-0.1, -0.05) is 48.8 Å². The molecule has 0 bridgehead atoms. The molecule has 0 radical (unpaired) electrons. The number of hydrogen-bond acceptors (Lipinski definition) is 4. The topological polar surface area (TPSA) is 79.8 Å². The highest BCUT2D eigenvalue weighted by atomic mass is 35.5. The van der Waals surface area contributed by atoms with Crippen LogP contribution in [-0.2, 0) is 17.8 Å². The van der Waals surface area contributed by atoms with E-state index < -0.39 is 0 Å². The Kier molecular flexibility index (Phi) is 7.39. The molecule has 0 aliphatic rings. The van der Waals surface area contributed by atoms with Crippen molar-refractivity contribution in [3.8, 4) is 0 Å². The van der Waals surface area contributed by atoms with Crippen molar-refractivity contribution in [1.29, 1.82) is 0 Å². The first-order valence-electron chi connectivity index (χ1n) is 9.72. The lowest BCUT2D eigenvalue weighted by atomic mass is 10.1. The number of carbonyl (C=O) groups excluding carboxylic acids is 1. The molecule has 8 heteroatoms. The first-order chi connectivity index (χ1) is 14.0. The fraction of sp³-hybridized carbons (Fsp3) is 0.381. The Morgan fingerprint density at radius 3 is 2.79 bits per heavy atom. The number of hydrogen-bond donors (Lipinski definition) is 2. The number of aryl methyl sites for hydroxylation is 1. The molecular weight excluding hydrogens is 408 g/mol. The number of benzene rings is 1. The number of nitrogens with one attached hydrogen (secondary N) is 2. The molecule has 29 heavy (non-hydrogen) atoms. The van der Waals surface area contributed by atoms with Gasteiger partial charge in [0, 0.05) is 23.8 Å². The monoisotopic (exact) mass is 432 g/mol. The van der Waals surface area contributed by atoms with Gasteiger partial charge in [-0.3, -0.25) is 14.2 Å². The van der Waals surface area contributed by atoms with Crippen LogP contribution in [0.4, 0.5) is 0 Å². The highest BCUT2D eigenvalue weighted by Gasteiger charge is 2.14. The number of thioether (sulfide) groups is 1. The second kappa shape index (κ2) is 9.98. The van der Waals surface area contributed by atoms with Gasteiger partial charge in [0.15, 0.2) is 5.16 Å². The third kappa shape index (κ3) is 5.64. The molecule has 2 N–H and O–H groups in total. The molecule has 0 aliphatic heterocycles. The fourth-order valence-corrected chi connectivity index (χ4v) is 3.99. The predicted molar refractivity (Wildman–Crippen MR) is 119 cm³/mol. The van der Waals surface area contributed by atoms with Gasteiger partial charge in [0.05, 0.1) is 11.3 Å². The maximum Gasteiger partial charge on any atom is 0.278 e. The van der Waals surface area contributed by atoms with Gasteiger partial charge >= 0.3 is 0 Å². The summed E-state index contributed by atoms with van der Waals surface area (Å²) in [6, 6.07) is 9.45. The van der Waals surface area contributed by atoms with Crippen molar-refractivity contribution in [2.24, 2.45) is 0 Å². The molecule has 1 aromatic carbocycles. The van der Waals surface area contributed by atoms with Crippen molar-refractivity contribution in [1.82, 2.24) is 19.9 Å². The number of carbonyl (C=O) groups is 1. The normalized spacial score (nSPS) is 11.1.